The number of amides is 2. The number of aliphatic hydroxyl groups is 1. The van der Waals surface area contributed by atoms with E-state index in [-0.39, 0.29) is 6.42 Å². The van der Waals surface area contributed by atoms with Gasteiger partial charge in [-0.1, -0.05) is 6.07 Å². The molecule has 2 N–H and O–H groups in total. The molecule has 2 aromatic rings. The number of benzene rings is 1. The van der Waals surface area contributed by atoms with Crippen molar-refractivity contribution in [1.29, 1.82) is 0 Å². The van der Waals surface area contributed by atoms with Crippen molar-refractivity contribution in [3.05, 3.63) is 36.5 Å². The Labute approximate surface area is 137 Å². The lowest BCUT2D eigenvalue weighted by molar-refractivity contribution is -0.146. The van der Waals surface area contributed by atoms with Gasteiger partial charge in [0, 0.05) is 30.9 Å². The van der Waals surface area contributed by atoms with Gasteiger partial charge in [0.25, 0.3) is 6.43 Å². The summed E-state index contributed by atoms with van der Waals surface area (Å²) in [7, 11) is 1.11. The Morgan fingerprint density at radius 2 is 2.08 bits per heavy atom. The number of nitrogens with zero attached hydrogens (tertiary/aromatic N) is 2. The van der Waals surface area contributed by atoms with Gasteiger partial charge in [0.1, 0.15) is 0 Å². The van der Waals surface area contributed by atoms with Crippen LogP contribution in [0.3, 0.4) is 0 Å². The van der Waals surface area contributed by atoms with Crippen molar-refractivity contribution >= 4 is 28.4 Å². The molecule has 0 aliphatic heterocycles. The number of hydrogen-bond acceptors (Lipinski definition) is 4. The number of alkyl halides is 2. The molecule has 8 heteroatoms. The van der Waals surface area contributed by atoms with E-state index in [0.717, 1.165) is 18.0 Å². The van der Waals surface area contributed by atoms with Crippen molar-refractivity contribution in [2.45, 2.75) is 18.9 Å². The van der Waals surface area contributed by atoms with Crippen LogP contribution in [0.5, 0.6) is 0 Å². The van der Waals surface area contributed by atoms with E-state index in [2.05, 4.69) is 10.3 Å². The summed E-state index contributed by atoms with van der Waals surface area (Å²) in [4.78, 5) is 28.8. The van der Waals surface area contributed by atoms with Gasteiger partial charge in [-0.05, 0) is 30.7 Å². The lowest BCUT2D eigenvalue weighted by Crippen LogP contribution is -2.46. The zero-order valence-corrected chi connectivity index (χ0v) is 12.9. The van der Waals surface area contributed by atoms with Gasteiger partial charge in [-0.2, -0.15) is 0 Å². The second-order valence-electron chi connectivity index (χ2n) is 5.20. The third-order valence-electron chi connectivity index (χ3n) is 3.59. The molecule has 0 saturated carbocycles. The molecule has 1 aromatic carbocycles. The smallest absolute Gasteiger partial charge is 0.313 e. The molecule has 0 radical (unpaired) electrons. The first-order valence-electron chi connectivity index (χ1n) is 7.26. The van der Waals surface area contributed by atoms with E-state index < -0.39 is 30.9 Å². The Hall–Kier alpha value is -2.61. The van der Waals surface area contributed by atoms with Crippen molar-refractivity contribution in [3.8, 4) is 0 Å². The molecule has 1 aromatic heterocycles. The van der Waals surface area contributed by atoms with Gasteiger partial charge in [-0.15, -0.1) is 0 Å². The van der Waals surface area contributed by atoms with E-state index in [1.807, 2.05) is 0 Å². The summed E-state index contributed by atoms with van der Waals surface area (Å²) in [5.74, 6) is -2.12. The Kier molecular flexibility index (Phi) is 5.75. The number of pyridine rings is 1. The molecule has 2 amide bonds. The zero-order chi connectivity index (χ0) is 17.7. The molecule has 0 aliphatic carbocycles. The fraction of sp³-hybridized carbons (Fsp3) is 0.312. The zero-order valence-electron chi connectivity index (χ0n) is 12.9. The number of nitrogens with one attached hydrogen (secondary N) is 1. The number of rotatable bonds is 5. The van der Waals surface area contributed by atoms with Crippen LogP contribution < -0.4 is 5.32 Å². The Morgan fingerprint density at radius 3 is 2.75 bits per heavy atom. The molecule has 2 rings (SSSR count). The first kappa shape index (κ1) is 17.7. The van der Waals surface area contributed by atoms with Crippen molar-refractivity contribution in [2.24, 2.45) is 0 Å². The monoisotopic (exact) mass is 337 g/mol. The van der Waals surface area contributed by atoms with Gasteiger partial charge in [0.05, 0.1) is 11.6 Å². The number of hydrogen-bond donors (Lipinski definition) is 2. The number of carbonyl (C=O) groups is 2. The number of anilines is 1. The molecule has 0 saturated heterocycles. The molecule has 1 unspecified atom stereocenters. The molecular formula is C16H17F2N3O3. The minimum Gasteiger partial charge on any atom is -0.396 e. The van der Waals surface area contributed by atoms with Gasteiger partial charge in [-0.3, -0.25) is 14.6 Å². The van der Waals surface area contributed by atoms with Crippen molar-refractivity contribution in [3.63, 3.8) is 0 Å². The average molecular weight is 337 g/mol. The molecule has 24 heavy (non-hydrogen) atoms. The van der Waals surface area contributed by atoms with Crippen LogP contribution in [0.25, 0.3) is 10.9 Å². The molecule has 0 spiro atoms. The highest BCUT2D eigenvalue weighted by atomic mass is 19.3. The molecule has 1 atom stereocenters. The van der Waals surface area contributed by atoms with E-state index in [1.165, 1.54) is 0 Å². The standard InChI is InChI=1S/C16H17F2N3O3/c1-21(13(6-8-22)14(17)18)16(24)15(23)20-11-4-5-12-10(9-11)3-2-7-19-12/h2-5,7,9,13-14,22H,6,8H2,1H3,(H,20,23). The van der Waals surface area contributed by atoms with Gasteiger partial charge in [-0.25, -0.2) is 8.78 Å². The van der Waals surface area contributed by atoms with Crippen LogP contribution in [0.1, 0.15) is 6.42 Å². The first-order chi connectivity index (χ1) is 11.4. The fourth-order valence-electron chi connectivity index (χ4n) is 2.27. The number of likely N-dealkylation sites (N-methyl/N-ethyl adjacent to an activating group) is 1. The maximum atomic E-state index is 12.9. The highest BCUT2D eigenvalue weighted by Gasteiger charge is 2.31. The summed E-state index contributed by atoms with van der Waals surface area (Å²) in [5, 5.41) is 12.0. The predicted octanol–water partition coefficient (Wildman–Crippen LogP) is 1.65. The van der Waals surface area contributed by atoms with Gasteiger partial charge < -0.3 is 15.3 Å². The lowest BCUT2D eigenvalue weighted by atomic mass is 10.2. The largest absolute Gasteiger partial charge is 0.396 e. The quantitative estimate of drug-likeness (QED) is 0.813. The molecule has 128 valence electrons. The molecular weight excluding hydrogens is 320 g/mol. The summed E-state index contributed by atoms with van der Waals surface area (Å²) in [6.07, 6.45) is -1.54. The number of carbonyl (C=O) groups excluding carboxylic acids is 2. The summed E-state index contributed by atoms with van der Waals surface area (Å²) in [6.45, 7) is -0.508. The normalized spacial score (nSPS) is 12.2. The Bertz CT molecular complexity index is 739. The van der Waals surface area contributed by atoms with Crippen LogP contribution in [0.15, 0.2) is 36.5 Å². The summed E-state index contributed by atoms with van der Waals surface area (Å²) in [6, 6.07) is 6.88. The van der Waals surface area contributed by atoms with E-state index in [1.54, 1.807) is 36.5 Å². The SMILES string of the molecule is CN(C(=O)C(=O)Nc1ccc2ncccc2c1)C(CCO)C(F)F. The highest BCUT2D eigenvalue weighted by molar-refractivity contribution is 6.39. The van der Waals surface area contributed by atoms with Crippen LogP contribution in [0, 0.1) is 0 Å². The van der Waals surface area contributed by atoms with E-state index in [4.69, 9.17) is 5.11 Å². The van der Waals surface area contributed by atoms with E-state index in [0.29, 0.717) is 10.6 Å². The van der Waals surface area contributed by atoms with Crippen molar-refractivity contribution in [1.82, 2.24) is 9.88 Å². The van der Waals surface area contributed by atoms with Crippen LogP contribution >= 0.6 is 0 Å². The fourth-order valence-corrected chi connectivity index (χ4v) is 2.27. The predicted molar refractivity (Wildman–Crippen MR) is 84.6 cm³/mol. The second-order valence-corrected chi connectivity index (χ2v) is 5.20. The number of aliphatic hydroxyl groups excluding tert-OH is 1. The van der Waals surface area contributed by atoms with E-state index >= 15 is 0 Å². The lowest BCUT2D eigenvalue weighted by Gasteiger charge is -2.26. The average Bonchev–Trinajstić information content (AvgIpc) is 2.58. The third-order valence-corrected chi connectivity index (χ3v) is 3.59. The number of aromatic nitrogens is 1. The molecule has 1 heterocycles. The Balaban J connectivity index is 2.10. The van der Waals surface area contributed by atoms with Crippen molar-refractivity contribution in [2.75, 3.05) is 19.0 Å². The Morgan fingerprint density at radius 1 is 1.33 bits per heavy atom. The van der Waals surface area contributed by atoms with Crippen LogP contribution in [0.2, 0.25) is 0 Å². The van der Waals surface area contributed by atoms with Crippen LogP contribution in [-0.2, 0) is 9.59 Å². The van der Waals surface area contributed by atoms with Gasteiger partial charge in [0.15, 0.2) is 0 Å². The maximum absolute atomic E-state index is 12.9. The van der Waals surface area contributed by atoms with E-state index in [9.17, 15) is 18.4 Å². The van der Waals surface area contributed by atoms with Crippen molar-refractivity contribution < 1.29 is 23.5 Å². The minimum atomic E-state index is -2.86. The maximum Gasteiger partial charge on any atom is 0.313 e. The van der Waals surface area contributed by atoms with Gasteiger partial charge in [0.2, 0.25) is 0 Å². The third kappa shape index (κ3) is 4.02. The van der Waals surface area contributed by atoms with Crippen LogP contribution in [0.4, 0.5) is 14.5 Å². The molecule has 6 nitrogen and oxygen atoms in total. The van der Waals surface area contributed by atoms with Crippen LogP contribution in [-0.4, -0.2) is 52.9 Å². The molecule has 0 bridgehead atoms. The summed E-state index contributed by atoms with van der Waals surface area (Å²) >= 11 is 0. The molecule has 0 aliphatic rings. The van der Waals surface area contributed by atoms with Gasteiger partial charge >= 0.3 is 11.8 Å². The second kappa shape index (κ2) is 7.78. The number of fused-ring (bicyclic) bond motifs is 1. The topological polar surface area (TPSA) is 82.5 Å². The highest BCUT2D eigenvalue weighted by Crippen LogP contribution is 2.18. The number of halogens is 2. The summed E-state index contributed by atoms with van der Waals surface area (Å²) < 4.78 is 25.8. The first-order valence-corrected chi connectivity index (χ1v) is 7.26. The summed E-state index contributed by atoms with van der Waals surface area (Å²) in [5.41, 5.74) is 1.08. The minimum absolute atomic E-state index is 0.311. The molecule has 0 fully saturated rings.